The first-order valence-corrected chi connectivity index (χ1v) is 8.78. The van der Waals surface area contributed by atoms with Crippen molar-refractivity contribution in [1.29, 1.82) is 0 Å². The Kier molecular flexibility index (Phi) is 6.89. The minimum atomic E-state index is -0.352. The molecule has 2 N–H and O–H groups in total. The molecule has 4 nitrogen and oxygen atoms in total. The third-order valence-corrected chi connectivity index (χ3v) is 4.06. The van der Waals surface area contributed by atoms with Gasteiger partial charge in [0, 0.05) is 24.2 Å². The van der Waals surface area contributed by atoms with E-state index in [0.29, 0.717) is 11.6 Å². The third kappa shape index (κ3) is 6.31. The highest BCUT2D eigenvalue weighted by molar-refractivity contribution is 5.93. The van der Waals surface area contributed by atoms with E-state index in [4.69, 9.17) is 0 Å². The number of nitrogens with one attached hydrogen (secondary N) is 2. The Morgan fingerprint density at radius 2 is 1.23 bits per heavy atom. The fourth-order valence-corrected chi connectivity index (χ4v) is 2.61. The van der Waals surface area contributed by atoms with Gasteiger partial charge in [0.05, 0.1) is 0 Å². The molecular formula is C21H25FN2O2. The molecule has 0 fully saturated rings. The highest BCUT2D eigenvalue weighted by atomic mass is 19.1. The van der Waals surface area contributed by atoms with Crippen LogP contribution in [0.4, 0.5) is 15.8 Å². The van der Waals surface area contributed by atoms with Crippen molar-refractivity contribution in [2.75, 3.05) is 10.6 Å². The van der Waals surface area contributed by atoms with Gasteiger partial charge in [-0.3, -0.25) is 9.59 Å². The Balaban J connectivity index is 1.78. The van der Waals surface area contributed by atoms with Crippen LogP contribution in [0.1, 0.15) is 45.1 Å². The van der Waals surface area contributed by atoms with Gasteiger partial charge < -0.3 is 10.6 Å². The molecule has 1 atom stereocenters. The summed E-state index contributed by atoms with van der Waals surface area (Å²) in [5, 5.41) is 5.56. The Bertz CT molecular complexity index is 740. The summed E-state index contributed by atoms with van der Waals surface area (Å²) in [6.45, 7) is 6.09. The number of anilines is 2. The fourth-order valence-electron chi connectivity index (χ4n) is 2.61. The molecule has 0 heterocycles. The molecule has 0 bridgehead atoms. The average molecular weight is 356 g/mol. The van der Waals surface area contributed by atoms with E-state index in [1.165, 1.54) is 29.8 Å². The van der Waals surface area contributed by atoms with Crippen molar-refractivity contribution in [3.63, 3.8) is 0 Å². The standard InChI is InChI=1S/C21H25FN2O2/c1-14(2)16-4-8-18(9-5-16)23-20(25)12-15(3)13-21(26)24-19-10-6-17(22)7-11-19/h4-11,14-15H,12-13H2,1-3H3,(H,23,25)(H,24,26). The molecule has 2 aromatic rings. The van der Waals surface area contributed by atoms with Crippen LogP contribution in [-0.2, 0) is 9.59 Å². The van der Waals surface area contributed by atoms with Crippen LogP contribution in [0.5, 0.6) is 0 Å². The van der Waals surface area contributed by atoms with Crippen molar-refractivity contribution < 1.29 is 14.0 Å². The predicted molar refractivity (Wildman–Crippen MR) is 103 cm³/mol. The quantitative estimate of drug-likeness (QED) is 0.738. The molecule has 0 radical (unpaired) electrons. The SMILES string of the molecule is CC(CC(=O)Nc1ccc(F)cc1)CC(=O)Nc1ccc(C(C)C)cc1. The number of carbonyl (C=O) groups excluding carboxylic acids is 2. The number of halogens is 1. The molecular weight excluding hydrogens is 331 g/mol. The molecule has 0 saturated heterocycles. The van der Waals surface area contributed by atoms with E-state index in [1.807, 2.05) is 31.2 Å². The van der Waals surface area contributed by atoms with E-state index >= 15 is 0 Å². The topological polar surface area (TPSA) is 58.2 Å². The molecule has 0 saturated carbocycles. The van der Waals surface area contributed by atoms with Crippen molar-refractivity contribution in [3.8, 4) is 0 Å². The second kappa shape index (κ2) is 9.13. The zero-order chi connectivity index (χ0) is 19.1. The monoisotopic (exact) mass is 356 g/mol. The Hall–Kier alpha value is -2.69. The van der Waals surface area contributed by atoms with Gasteiger partial charge in [0.1, 0.15) is 5.82 Å². The summed E-state index contributed by atoms with van der Waals surface area (Å²) in [6, 6.07) is 13.4. The van der Waals surface area contributed by atoms with Crippen LogP contribution in [0.2, 0.25) is 0 Å². The van der Waals surface area contributed by atoms with Crippen LogP contribution >= 0.6 is 0 Å². The molecule has 138 valence electrons. The normalized spacial score (nSPS) is 11.9. The summed E-state index contributed by atoms with van der Waals surface area (Å²) < 4.78 is 12.9. The first-order chi connectivity index (χ1) is 12.3. The number of amides is 2. The molecule has 5 heteroatoms. The Labute approximate surface area is 153 Å². The van der Waals surface area contributed by atoms with E-state index in [9.17, 15) is 14.0 Å². The second-order valence-electron chi connectivity index (χ2n) is 6.89. The number of hydrogen-bond donors (Lipinski definition) is 2. The second-order valence-corrected chi connectivity index (χ2v) is 6.89. The Morgan fingerprint density at radius 3 is 1.65 bits per heavy atom. The van der Waals surface area contributed by atoms with Crippen molar-refractivity contribution in [3.05, 3.63) is 59.9 Å². The zero-order valence-electron chi connectivity index (χ0n) is 15.4. The molecule has 26 heavy (non-hydrogen) atoms. The van der Waals surface area contributed by atoms with Crippen molar-refractivity contribution in [1.82, 2.24) is 0 Å². The number of benzene rings is 2. The van der Waals surface area contributed by atoms with Crippen LogP contribution in [0.15, 0.2) is 48.5 Å². The molecule has 2 rings (SSSR count). The highest BCUT2D eigenvalue weighted by Crippen LogP contribution is 2.18. The molecule has 1 unspecified atom stereocenters. The van der Waals surface area contributed by atoms with E-state index in [0.717, 1.165) is 5.69 Å². The smallest absolute Gasteiger partial charge is 0.224 e. The van der Waals surface area contributed by atoms with Gasteiger partial charge in [-0.25, -0.2) is 4.39 Å². The molecule has 0 aromatic heterocycles. The summed E-state index contributed by atoms with van der Waals surface area (Å²) in [7, 11) is 0. The predicted octanol–water partition coefficient (Wildman–Crippen LogP) is 4.94. The number of rotatable bonds is 7. The lowest BCUT2D eigenvalue weighted by Gasteiger charge is -2.13. The summed E-state index contributed by atoms with van der Waals surface area (Å²) in [4.78, 5) is 24.1. The first-order valence-electron chi connectivity index (χ1n) is 8.78. The molecule has 0 aliphatic rings. The lowest BCUT2D eigenvalue weighted by atomic mass is 10.0. The van der Waals surface area contributed by atoms with E-state index in [-0.39, 0.29) is 36.4 Å². The summed E-state index contributed by atoms with van der Waals surface area (Å²) in [6.07, 6.45) is 0.472. The van der Waals surface area contributed by atoms with Gasteiger partial charge in [-0.15, -0.1) is 0 Å². The minimum absolute atomic E-state index is 0.106. The third-order valence-electron chi connectivity index (χ3n) is 4.06. The van der Waals surface area contributed by atoms with Crippen LogP contribution in [0, 0.1) is 11.7 Å². The van der Waals surface area contributed by atoms with Gasteiger partial charge in [0.15, 0.2) is 0 Å². The van der Waals surface area contributed by atoms with Gasteiger partial charge in [-0.2, -0.15) is 0 Å². The van der Waals surface area contributed by atoms with Crippen molar-refractivity contribution in [2.24, 2.45) is 5.92 Å². The molecule has 2 amide bonds. The largest absolute Gasteiger partial charge is 0.326 e. The molecule has 0 aliphatic heterocycles. The fraction of sp³-hybridized carbons (Fsp3) is 0.333. The van der Waals surface area contributed by atoms with E-state index < -0.39 is 0 Å². The van der Waals surface area contributed by atoms with Gasteiger partial charge in [-0.05, 0) is 53.8 Å². The molecule has 0 aliphatic carbocycles. The molecule has 0 spiro atoms. The summed E-state index contributed by atoms with van der Waals surface area (Å²) in [5.41, 5.74) is 2.51. The lowest BCUT2D eigenvalue weighted by molar-refractivity contribution is -0.118. The average Bonchev–Trinajstić information content (AvgIpc) is 2.57. The van der Waals surface area contributed by atoms with Crippen molar-refractivity contribution >= 4 is 23.2 Å². The van der Waals surface area contributed by atoms with Crippen LogP contribution in [-0.4, -0.2) is 11.8 Å². The van der Waals surface area contributed by atoms with Crippen LogP contribution < -0.4 is 10.6 Å². The maximum absolute atomic E-state index is 12.9. The highest BCUT2D eigenvalue weighted by Gasteiger charge is 2.14. The first kappa shape index (κ1) is 19.6. The van der Waals surface area contributed by atoms with Gasteiger partial charge in [0.2, 0.25) is 11.8 Å². The lowest BCUT2D eigenvalue weighted by Crippen LogP contribution is -2.20. The Morgan fingerprint density at radius 1 is 0.808 bits per heavy atom. The van der Waals surface area contributed by atoms with Gasteiger partial charge >= 0.3 is 0 Å². The summed E-state index contributed by atoms with van der Waals surface area (Å²) >= 11 is 0. The van der Waals surface area contributed by atoms with Crippen LogP contribution in [0.3, 0.4) is 0 Å². The number of hydrogen-bond acceptors (Lipinski definition) is 2. The molecule has 2 aromatic carbocycles. The number of carbonyl (C=O) groups is 2. The maximum atomic E-state index is 12.9. The minimum Gasteiger partial charge on any atom is -0.326 e. The van der Waals surface area contributed by atoms with E-state index in [1.54, 1.807) is 0 Å². The van der Waals surface area contributed by atoms with E-state index in [2.05, 4.69) is 24.5 Å². The van der Waals surface area contributed by atoms with Crippen LogP contribution in [0.25, 0.3) is 0 Å². The summed E-state index contributed by atoms with van der Waals surface area (Å²) in [5.74, 6) is -0.332. The van der Waals surface area contributed by atoms with Gasteiger partial charge in [-0.1, -0.05) is 32.9 Å². The zero-order valence-corrected chi connectivity index (χ0v) is 15.4. The van der Waals surface area contributed by atoms with Gasteiger partial charge in [0.25, 0.3) is 0 Å². The van der Waals surface area contributed by atoms with Crippen molar-refractivity contribution in [2.45, 2.75) is 39.5 Å². The maximum Gasteiger partial charge on any atom is 0.224 e.